The molecule has 0 saturated carbocycles. The molecule has 0 spiro atoms. The SMILES string of the molecule is Cc1ccc(CS(=O)(=O)NC(=O)C(C)(C)c2cccc(Cl)c2)cc1. The molecule has 0 heterocycles. The summed E-state index contributed by atoms with van der Waals surface area (Å²) in [5.41, 5.74) is 1.30. The Morgan fingerprint density at radius 1 is 1.12 bits per heavy atom. The number of hydrogen-bond acceptors (Lipinski definition) is 3. The largest absolute Gasteiger partial charge is 0.273 e. The molecular formula is C18H20ClNO3S. The van der Waals surface area contributed by atoms with Crippen LogP contribution < -0.4 is 4.72 Å². The zero-order valence-corrected chi connectivity index (χ0v) is 15.4. The lowest BCUT2D eigenvalue weighted by Crippen LogP contribution is -2.43. The van der Waals surface area contributed by atoms with Crippen LogP contribution in [0, 0.1) is 6.92 Å². The number of rotatable bonds is 5. The van der Waals surface area contributed by atoms with E-state index in [0.29, 0.717) is 16.1 Å². The molecule has 1 N–H and O–H groups in total. The Bertz CT molecular complexity index is 843. The number of nitrogens with one attached hydrogen (secondary N) is 1. The van der Waals surface area contributed by atoms with E-state index in [9.17, 15) is 13.2 Å². The second-order valence-corrected chi connectivity index (χ2v) is 8.47. The molecule has 0 aliphatic rings. The Hall–Kier alpha value is -1.85. The third-order valence-corrected chi connectivity index (χ3v) is 5.28. The zero-order chi connectivity index (χ0) is 18.0. The molecule has 24 heavy (non-hydrogen) atoms. The van der Waals surface area contributed by atoms with Crippen molar-refractivity contribution in [2.45, 2.75) is 31.9 Å². The summed E-state index contributed by atoms with van der Waals surface area (Å²) in [5, 5.41) is 0.496. The number of amides is 1. The lowest BCUT2D eigenvalue weighted by Gasteiger charge is -2.24. The first-order valence-corrected chi connectivity index (χ1v) is 9.50. The fraction of sp³-hybridized carbons (Fsp3) is 0.278. The van der Waals surface area contributed by atoms with Gasteiger partial charge in [-0.25, -0.2) is 8.42 Å². The molecule has 128 valence electrons. The number of sulfonamides is 1. The van der Waals surface area contributed by atoms with E-state index in [1.54, 1.807) is 50.2 Å². The first-order valence-electron chi connectivity index (χ1n) is 7.47. The van der Waals surface area contributed by atoms with Gasteiger partial charge in [0, 0.05) is 5.02 Å². The van der Waals surface area contributed by atoms with Crippen LogP contribution in [0.2, 0.25) is 5.02 Å². The summed E-state index contributed by atoms with van der Waals surface area (Å²) in [6.45, 7) is 5.25. The second-order valence-electron chi connectivity index (χ2n) is 6.31. The van der Waals surface area contributed by atoms with Crippen LogP contribution in [0.25, 0.3) is 0 Å². The molecule has 0 fully saturated rings. The molecule has 2 aromatic rings. The molecule has 2 aromatic carbocycles. The quantitative estimate of drug-likeness (QED) is 0.880. The van der Waals surface area contributed by atoms with E-state index < -0.39 is 21.3 Å². The van der Waals surface area contributed by atoms with Crippen LogP contribution in [-0.2, 0) is 26.0 Å². The number of benzene rings is 2. The van der Waals surface area contributed by atoms with Gasteiger partial charge in [-0.1, -0.05) is 53.6 Å². The molecule has 6 heteroatoms. The van der Waals surface area contributed by atoms with Crippen LogP contribution in [0.5, 0.6) is 0 Å². The van der Waals surface area contributed by atoms with Gasteiger partial charge in [-0.15, -0.1) is 0 Å². The summed E-state index contributed by atoms with van der Waals surface area (Å²) in [6.07, 6.45) is 0. The average molecular weight is 366 g/mol. The predicted molar refractivity (Wildman–Crippen MR) is 96.4 cm³/mol. The van der Waals surface area contributed by atoms with Crippen LogP contribution in [0.4, 0.5) is 0 Å². The molecule has 0 aliphatic carbocycles. The van der Waals surface area contributed by atoms with Gasteiger partial charge in [0.2, 0.25) is 15.9 Å². The molecule has 0 atom stereocenters. The molecule has 0 unspecified atom stereocenters. The third-order valence-electron chi connectivity index (χ3n) is 3.84. The maximum absolute atomic E-state index is 12.5. The van der Waals surface area contributed by atoms with Crippen molar-refractivity contribution in [2.75, 3.05) is 0 Å². The fourth-order valence-corrected chi connectivity index (χ4v) is 3.65. The van der Waals surface area contributed by atoms with Crippen LogP contribution in [-0.4, -0.2) is 14.3 Å². The number of aryl methyl sites for hydroxylation is 1. The Balaban J connectivity index is 2.16. The average Bonchev–Trinajstić information content (AvgIpc) is 2.49. The number of carbonyl (C=O) groups excluding carboxylic acids is 1. The van der Waals surface area contributed by atoms with Crippen LogP contribution in [0.3, 0.4) is 0 Å². The highest BCUT2D eigenvalue weighted by Gasteiger charge is 2.32. The van der Waals surface area contributed by atoms with Crippen molar-refractivity contribution in [3.63, 3.8) is 0 Å². The highest BCUT2D eigenvalue weighted by atomic mass is 35.5. The van der Waals surface area contributed by atoms with Gasteiger partial charge in [0.05, 0.1) is 11.2 Å². The molecule has 1 amide bonds. The van der Waals surface area contributed by atoms with Crippen molar-refractivity contribution in [2.24, 2.45) is 0 Å². The van der Waals surface area contributed by atoms with E-state index in [1.807, 2.05) is 19.1 Å². The van der Waals surface area contributed by atoms with Crippen molar-refractivity contribution in [3.05, 3.63) is 70.2 Å². The van der Waals surface area contributed by atoms with Gasteiger partial charge >= 0.3 is 0 Å². The monoisotopic (exact) mass is 365 g/mol. The zero-order valence-electron chi connectivity index (χ0n) is 13.8. The first-order chi connectivity index (χ1) is 11.1. The van der Waals surface area contributed by atoms with Gasteiger partial charge in [0.15, 0.2) is 0 Å². The van der Waals surface area contributed by atoms with Gasteiger partial charge < -0.3 is 0 Å². The van der Waals surface area contributed by atoms with Crippen molar-refractivity contribution >= 4 is 27.5 Å². The topological polar surface area (TPSA) is 63.2 Å². The van der Waals surface area contributed by atoms with Gasteiger partial charge in [-0.05, 0) is 44.0 Å². The highest BCUT2D eigenvalue weighted by Crippen LogP contribution is 2.26. The molecule has 2 rings (SSSR count). The Morgan fingerprint density at radius 3 is 2.33 bits per heavy atom. The first kappa shape index (κ1) is 18.5. The Labute approximate surface area is 147 Å². The van der Waals surface area contributed by atoms with E-state index >= 15 is 0 Å². The fourth-order valence-electron chi connectivity index (χ4n) is 2.22. The van der Waals surface area contributed by atoms with Crippen LogP contribution in [0.15, 0.2) is 48.5 Å². The molecular weight excluding hydrogens is 346 g/mol. The van der Waals surface area contributed by atoms with Gasteiger partial charge in [0.25, 0.3) is 0 Å². The van der Waals surface area contributed by atoms with E-state index in [1.165, 1.54) is 0 Å². The maximum Gasteiger partial charge on any atom is 0.243 e. The summed E-state index contributed by atoms with van der Waals surface area (Å²) in [6, 6.07) is 14.0. The third kappa shape index (κ3) is 4.58. The molecule has 0 bridgehead atoms. The Morgan fingerprint density at radius 2 is 1.75 bits per heavy atom. The Kier molecular flexibility index (Phi) is 5.35. The van der Waals surface area contributed by atoms with Crippen LogP contribution in [0.1, 0.15) is 30.5 Å². The van der Waals surface area contributed by atoms with E-state index in [2.05, 4.69) is 4.72 Å². The molecule has 0 saturated heterocycles. The summed E-state index contributed by atoms with van der Waals surface area (Å²) in [7, 11) is -3.78. The van der Waals surface area contributed by atoms with Crippen molar-refractivity contribution < 1.29 is 13.2 Å². The van der Waals surface area contributed by atoms with E-state index in [0.717, 1.165) is 5.56 Å². The minimum Gasteiger partial charge on any atom is -0.273 e. The normalized spacial score (nSPS) is 12.0. The summed E-state index contributed by atoms with van der Waals surface area (Å²) < 4.78 is 26.7. The number of halogens is 1. The smallest absolute Gasteiger partial charge is 0.243 e. The molecule has 0 aromatic heterocycles. The molecule has 0 radical (unpaired) electrons. The lowest BCUT2D eigenvalue weighted by atomic mass is 9.84. The summed E-state index contributed by atoms with van der Waals surface area (Å²) in [5.74, 6) is -0.832. The van der Waals surface area contributed by atoms with Gasteiger partial charge in [-0.3, -0.25) is 9.52 Å². The van der Waals surface area contributed by atoms with E-state index in [-0.39, 0.29) is 5.75 Å². The molecule has 0 aliphatic heterocycles. The van der Waals surface area contributed by atoms with Gasteiger partial charge in [-0.2, -0.15) is 0 Å². The minimum absolute atomic E-state index is 0.245. The summed E-state index contributed by atoms with van der Waals surface area (Å²) in [4.78, 5) is 12.5. The lowest BCUT2D eigenvalue weighted by molar-refractivity contribution is -0.123. The van der Waals surface area contributed by atoms with E-state index in [4.69, 9.17) is 11.6 Å². The minimum atomic E-state index is -3.78. The second kappa shape index (κ2) is 6.95. The highest BCUT2D eigenvalue weighted by molar-refractivity contribution is 7.89. The molecule has 4 nitrogen and oxygen atoms in total. The standard InChI is InChI=1S/C18H20ClNO3S/c1-13-7-9-14(10-8-13)12-24(22,23)20-17(21)18(2,3)15-5-4-6-16(19)11-15/h4-11H,12H2,1-3H3,(H,20,21). The maximum atomic E-state index is 12.5. The number of hydrogen-bond donors (Lipinski definition) is 1. The summed E-state index contributed by atoms with van der Waals surface area (Å²) >= 11 is 5.96. The number of carbonyl (C=O) groups is 1. The van der Waals surface area contributed by atoms with Crippen molar-refractivity contribution in [1.82, 2.24) is 4.72 Å². The van der Waals surface area contributed by atoms with Crippen molar-refractivity contribution in [3.8, 4) is 0 Å². The van der Waals surface area contributed by atoms with Gasteiger partial charge in [0.1, 0.15) is 0 Å². The van der Waals surface area contributed by atoms with Crippen LogP contribution >= 0.6 is 11.6 Å². The van der Waals surface area contributed by atoms with Crippen molar-refractivity contribution in [1.29, 1.82) is 0 Å². The predicted octanol–water partition coefficient (Wildman–Crippen LogP) is 3.57.